The van der Waals surface area contributed by atoms with Gasteiger partial charge in [-0.1, -0.05) is 0 Å². The number of hydrogen-bond acceptors (Lipinski definition) is 2. The largest absolute Gasteiger partial charge is 0.378 e. The minimum atomic E-state index is -0.816. The average molecular weight is 170 g/mol. The molecule has 0 aromatic heterocycles. The van der Waals surface area contributed by atoms with Crippen LogP contribution in [0.15, 0.2) is 0 Å². The SMILES string of the molecule is CN[C@H]1CCOC[C@@H]1F.Cl. The summed E-state index contributed by atoms with van der Waals surface area (Å²) in [5.41, 5.74) is 0. The Hall–Kier alpha value is 0.140. The number of halogens is 2. The third-order valence-corrected chi connectivity index (χ3v) is 1.66. The molecule has 0 spiro atoms. The molecule has 0 saturated carbocycles. The Bertz CT molecular complexity index is 93.8. The molecule has 1 saturated heterocycles. The van der Waals surface area contributed by atoms with Crippen molar-refractivity contribution in [1.29, 1.82) is 0 Å². The minimum Gasteiger partial charge on any atom is -0.378 e. The molecule has 62 valence electrons. The second-order valence-corrected chi connectivity index (χ2v) is 2.27. The van der Waals surface area contributed by atoms with Crippen LogP contribution in [0.4, 0.5) is 4.39 Å². The van der Waals surface area contributed by atoms with Gasteiger partial charge in [-0.3, -0.25) is 0 Å². The zero-order valence-electron chi connectivity index (χ0n) is 5.97. The molecule has 0 bridgehead atoms. The maximum absolute atomic E-state index is 12.7. The molecule has 2 atom stereocenters. The molecule has 0 unspecified atom stereocenters. The van der Waals surface area contributed by atoms with Crippen molar-refractivity contribution >= 4 is 12.4 Å². The van der Waals surface area contributed by atoms with E-state index in [1.165, 1.54) is 0 Å². The van der Waals surface area contributed by atoms with E-state index in [9.17, 15) is 4.39 Å². The molecule has 0 amide bonds. The first-order chi connectivity index (χ1) is 4.34. The molecule has 0 aromatic carbocycles. The van der Waals surface area contributed by atoms with Crippen molar-refractivity contribution in [3.63, 3.8) is 0 Å². The monoisotopic (exact) mass is 169 g/mol. The molecule has 4 heteroatoms. The zero-order valence-corrected chi connectivity index (χ0v) is 6.79. The fourth-order valence-corrected chi connectivity index (χ4v) is 1.03. The van der Waals surface area contributed by atoms with E-state index in [0.717, 1.165) is 6.42 Å². The Labute approximate surface area is 66.5 Å². The van der Waals surface area contributed by atoms with Gasteiger partial charge in [0, 0.05) is 12.6 Å². The Morgan fingerprint density at radius 2 is 2.30 bits per heavy atom. The number of alkyl halides is 1. The van der Waals surface area contributed by atoms with E-state index in [0.29, 0.717) is 6.61 Å². The first kappa shape index (κ1) is 10.1. The lowest BCUT2D eigenvalue weighted by Crippen LogP contribution is -2.42. The third kappa shape index (κ3) is 2.40. The predicted molar refractivity (Wildman–Crippen MR) is 40.4 cm³/mol. The van der Waals surface area contributed by atoms with Gasteiger partial charge in [-0.15, -0.1) is 12.4 Å². The molecular formula is C6H13ClFNO. The van der Waals surface area contributed by atoms with E-state index >= 15 is 0 Å². The van der Waals surface area contributed by atoms with Gasteiger partial charge in [-0.2, -0.15) is 0 Å². The number of hydrogen-bond donors (Lipinski definition) is 1. The molecule has 1 fully saturated rings. The van der Waals surface area contributed by atoms with Crippen molar-refractivity contribution in [2.45, 2.75) is 18.6 Å². The van der Waals surface area contributed by atoms with E-state index in [2.05, 4.69) is 5.32 Å². The topological polar surface area (TPSA) is 21.3 Å². The Balaban J connectivity index is 0.000000810. The summed E-state index contributed by atoms with van der Waals surface area (Å²) in [6, 6.07) is 0.0127. The molecule has 0 radical (unpaired) electrons. The lowest BCUT2D eigenvalue weighted by Gasteiger charge is -2.25. The lowest BCUT2D eigenvalue weighted by molar-refractivity contribution is 0.0160. The quantitative estimate of drug-likeness (QED) is 0.626. The van der Waals surface area contributed by atoms with Crippen LogP contribution in [0.3, 0.4) is 0 Å². The van der Waals surface area contributed by atoms with Gasteiger partial charge in [-0.05, 0) is 13.5 Å². The van der Waals surface area contributed by atoms with E-state index in [4.69, 9.17) is 4.74 Å². The summed E-state index contributed by atoms with van der Waals surface area (Å²) in [4.78, 5) is 0. The van der Waals surface area contributed by atoms with Gasteiger partial charge < -0.3 is 10.1 Å². The highest BCUT2D eigenvalue weighted by Crippen LogP contribution is 2.09. The highest BCUT2D eigenvalue weighted by molar-refractivity contribution is 5.85. The molecule has 10 heavy (non-hydrogen) atoms. The summed E-state index contributed by atoms with van der Waals surface area (Å²) < 4.78 is 17.6. The molecule has 0 aliphatic carbocycles. The van der Waals surface area contributed by atoms with E-state index in [1.54, 1.807) is 7.05 Å². The zero-order chi connectivity index (χ0) is 6.69. The van der Waals surface area contributed by atoms with Gasteiger partial charge in [-0.25, -0.2) is 4.39 Å². The highest BCUT2D eigenvalue weighted by atomic mass is 35.5. The van der Waals surface area contributed by atoms with Crippen LogP contribution in [-0.2, 0) is 4.74 Å². The van der Waals surface area contributed by atoms with Crippen molar-refractivity contribution in [2.75, 3.05) is 20.3 Å². The van der Waals surface area contributed by atoms with Crippen molar-refractivity contribution in [1.82, 2.24) is 5.32 Å². The molecule has 2 nitrogen and oxygen atoms in total. The first-order valence-electron chi connectivity index (χ1n) is 3.23. The second-order valence-electron chi connectivity index (χ2n) is 2.27. The second kappa shape index (κ2) is 4.88. The normalized spacial score (nSPS) is 33.0. The first-order valence-corrected chi connectivity index (χ1v) is 3.23. The van der Waals surface area contributed by atoms with Crippen LogP contribution in [0.25, 0.3) is 0 Å². The standard InChI is InChI=1S/C6H12FNO.ClH/c1-8-6-2-3-9-4-5(6)7;/h5-6,8H,2-4H2,1H3;1H/t5-,6-;/m0./s1. The predicted octanol–water partition coefficient (Wildman–Crippen LogP) is 0.755. The van der Waals surface area contributed by atoms with Crippen LogP contribution in [-0.4, -0.2) is 32.5 Å². The van der Waals surface area contributed by atoms with Crippen LogP contribution in [0, 0.1) is 0 Å². The molecule has 1 aliphatic rings. The molecule has 1 rings (SSSR count). The van der Waals surface area contributed by atoms with Crippen LogP contribution in [0.2, 0.25) is 0 Å². The summed E-state index contributed by atoms with van der Waals surface area (Å²) >= 11 is 0. The average Bonchev–Trinajstić information content (AvgIpc) is 1.89. The van der Waals surface area contributed by atoms with Gasteiger partial charge in [0.2, 0.25) is 0 Å². The summed E-state index contributed by atoms with van der Waals surface area (Å²) in [6.45, 7) is 0.942. The van der Waals surface area contributed by atoms with Crippen LogP contribution in [0.1, 0.15) is 6.42 Å². The van der Waals surface area contributed by atoms with E-state index in [1.807, 2.05) is 0 Å². The molecule has 1 heterocycles. The van der Waals surface area contributed by atoms with Crippen LogP contribution < -0.4 is 5.32 Å². The number of ether oxygens (including phenoxy) is 1. The molecule has 0 aromatic rings. The highest BCUT2D eigenvalue weighted by Gasteiger charge is 2.22. The summed E-state index contributed by atoms with van der Waals surface area (Å²) in [5.74, 6) is 0. The van der Waals surface area contributed by atoms with Crippen LogP contribution in [0.5, 0.6) is 0 Å². The van der Waals surface area contributed by atoms with Gasteiger partial charge in [0.05, 0.1) is 6.61 Å². The third-order valence-electron chi connectivity index (χ3n) is 1.66. The molecular weight excluding hydrogens is 157 g/mol. The molecule has 1 aliphatic heterocycles. The number of nitrogens with one attached hydrogen (secondary N) is 1. The fraction of sp³-hybridized carbons (Fsp3) is 1.00. The van der Waals surface area contributed by atoms with E-state index < -0.39 is 6.17 Å². The summed E-state index contributed by atoms with van der Waals surface area (Å²) in [5, 5.41) is 2.90. The Morgan fingerprint density at radius 3 is 2.70 bits per heavy atom. The maximum Gasteiger partial charge on any atom is 0.139 e. The molecule has 1 N–H and O–H groups in total. The van der Waals surface area contributed by atoms with Crippen LogP contribution >= 0.6 is 12.4 Å². The van der Waals surface area contributed by atoms with Crippen molar-refractivity contribution in [2.24, 2.45) is 0 Å². The maximum atomic E-state index is 12.7. The number of rotatable bonds is 1. The van der Waals surface area contributed by atoms with Crippen molar-refractivity contribution in [3.8, 4) is 0 Å². The van der Waals surface area contributed by atoms with E-state index in [-0.39, 0.29) is 25.1 Å². The van der Waals surface area contributed by atoms with Gasteiger partial charge in [0.25, 0.3) is 0 Å². The Kier molecular flexibility index (Phi) is 4.95. The smallest absolute Gasteiger partial charge is 0.139 e. The summed E-state index contributed by atoms with van der Waals surface area (Å²) in [7, 11) is 1.78. The van der Waals surface area contributed by atoms with Gasteiger partial charge in [0.15, 0.2) is 0 Å². The summed E-state index contributed by atoms with van der Waals surface area (Å²) in [6.07, 6.45) is -0.0266. The lowest BCUT2D eigenvalue weighted by atomic mass is 10.1. The minimum absolute atomic E-state index is 0. The fourth-order valence-electron chi connectivity index (χ4n) is 1.03. The van der Waals surface area contributed by atoms with Gasteiger partial charge in [0.1, 0.15) is 6.17 Å². The van der Waals surface area contributed by atoms with Crippen molar-refractivity contribution in [3.05, 3.63) is 0 Å². The van der Waals surface area contributed by atoms with Crippen molar-refractivity contribution < 1.29 is 9.13 Å². The Morgan fingerprint density at radius 1 is 1.60 bits per heavy atom. The van der Waals surface area contributed by atoms with Gasteiger partial charge >= 0.3 is 0 Å².